The van der Waals surface area contributed by atoms with Crippen LogP contribution in [-0.2, 0) is 9.53 Å². The first-order valence-electron chi connectivity index (χ1n) is 9.52. The number of alkyl halides is 2. The van der Waals surface area contributed by atoms with E-state index >= 15 is 0 Å². The van der Waals surface area contributed by atoms with Crippen molar-refractivity contribution in [2.45, 2.75) is 43.8 Å². The van der Waals surface area contributed by atoms with E-state index < -0.39 is 52.7 Å². The first-order valence-corrected chi connectivity index (χ1v) is 9.52. The summed E-state index contributed by atoms with van der Waals surface area (Å²) in [5, 5.41) is 2.47. The Hall–Kier alpha value is -3.21. The Morgan fingerprint density at radius 2 is 2.00 bits per heavy atom. The smallest absolute Gasteiger partial charge is 0.273 e. The van der Waals surface area contributed by atoms with Gasteiger partial charge in [-0.1, -0.05) is 6.07 Å². The highest BCUT2D eigenvalue weighted by Gasteiger charge is 2.58. The Balaban J connectivity index is 2.01. The van der Waals surface area contributed by atoms with Gasteiger partial charge in [0.15, 0.2) is 11.6 Å². The van der Waals surface area contributed by atoms with Gasteiger partial charge in [-0.25, -0.2) is 13.2 Å². The number of rotatable bonds is 6. The van der Waals surface area contributed by atoms with E-state index in [0.717, 1.165) is 20.1 Å². The summed E-state index contributed by atoms with van der Waals surface area (Å²) in [5.41, 5.74) is 3.10. The summed E-state index contributed by atoms with van der Waals surface area (Å²) in [6.45, 7) is 1.78. The Morgan fingerprint density at radius 1 is 1.31 bits per heavy atom. The van der Waals surface area contributed by atoms with Crippen molar-refractivity contribution in [2.24, 2.45) is 5.73 Å². The van der Waals surface area contributed by atoms with Crippen molar-refractivity contribution >= 4 is 17.5 Å². The maximum absolute atomic E-state index is 14.4. The van der Waals surface area contributed by atoms with E-state index in [1.54, 1.807) is 0 Å². The molecule has 1 aromatic heterocycles. The topological polar surface area (TPSA) is 104 Å². The minimum atomic E-state index is -3.36. The normalized spacial score (nSPS) is 23.1. The Labute approximate surface area is 180 Å². The molecule has 2 heterocycles. The van der Waals surface area contributed by atoms with Gasteiger partial charge >= 0.3 is 0 Å². The predicted octanol–water partition coefficient (Wildman–Crippen LogP) is 3.39. The van der Waals surface area contributed by atoms with Crippen LogP contribution in [0.5, 0.6) is 5.75 Å². The van der Waals surface area contributed by atoms with Gasteiger partial charge in [0.05, 0.1) is 7.11 Å². The number of carbonyl (C=O) groups is 2. The van der Waals surface area contributed by atoms with Crippen molar-refractivity contribution in [3.05, 3.63) is 53.4 Å². The van der Waals surface area contributed by atoms with Crippen LogP contribution in [0.3, 0.4) is 0 Å². The molecule has 7 nitrogen and oxygen atoms in total. The lowest BCUT2D eigenvalue weighted by atomic mass is 9.84. The van der Waals surface area contributed by atoms with E-state index in [0.29, 0.717) is 6.92 Å². The molecule has 32 heavy (non-hydrogen) atoms. The number of pyridine rings is 1. The number of methoxy groups -OCH3 is 1. The van der Waals surface area contributed by atoms with Gasteiger partial charge in [0.2, 0.25) is 5.82 Å². The Morgan fingerprint density at radius 3 is 2.59 bits per heavy atom. The van der Waals surface area contributed by atoms with Gasteiger partial charge in [0.1, 0.15) is 17.4 Å². The average Bonchev–Trinajstić information content (AvgIpc) is 3.09. The summed E-state index contributed by atoms with van der Waals surface area (Å²) in [7, 11) is 1.10. The average molecular weight is 455 g/mol. The molecule has 1 aliphatic heterocycles. The third kappa shape index (κ3) is 4.24. The fraction of sp³-hybridized carbons (Fsp3) is 0.381. The monoisotopic (exact) mass is 455 g/mol. The van der Waals surface area contributed by atoms with Crippen LogP contribution in [0.1, 0.15) is 42.2 Å². The number of primary amides is 1. The van der Waals surface area contributed by atoms with Gasteiger partial charge in [0, 0.05) is 30.3 Å². The number of benzene rings is 1. The van der Waals surface area contributed by atoms with Gasteiger partial charge in [-0.3, -0.25) is 14.6 Å². The van der Waals surface area contributed by atoms with E-state index in [9.17, 15) is 27.2 Å². The Kier molecular flexibility index (Phi) is 6.14. The van der Waals surface area contributed by atoms with Crippen LogP contribution in [0.4, 0.5) is 23.2 Å². The molecular formula is C21H21F4N3O4. The van der Waals surface area contributed by atoms with Crippen LogP contribution in [0, 0.1) is 11.6 Å². The van der Waals surface area contributed by atoms with E-state index in [1.165, 1.54) is 24.4 Å². The molecule has 1 aliphatic rings. The second-order valence-corrected chi connectivity index (χ2v) is 7.74. The molecule has 1 fully saturated rings. The predicted molar refractivity (Wildman–Crippen MR) is 106 cm³/mol. The number of halogens is 4. The highest BCUT2D eigenvalue weighted by Crippen LogP contribution is 2.50. The van der Waals surface area contributed by atoms with Crippen molar-refractivity contribution in [2.75, 3.05) is 12.4 Å². The molecule has 0 saturated carbocycles. The van der Waals surface area contributed by atoms with E-state index in [2.05, 4.69) is 10.3 Å². The number of hydrogen-bond donors (Lipinski definition) is 2. The molecule has 2 amide bonds. The number of nitrogens with one attached hydrogen (secondary N) is 1. The zero-order valence-electron chi connectivity index (χ0n) is 17.4. The number of aromatic nitrogens is 1. The molecule has 3 rings (SSSR count). The number of ether oxygens (including phenoxy) is 2. The van der Waals surface area contributed by atoms with Crippen molar-refractivity contribution < 1.29 is 36.6 Å². The standard InChI is InChI=1S/C21H21F4N3O4/c1-20(21(2,24)25)9-12(11-4-5-13(22)15(23)16(11)31-3)17(32-20)19(30)28-10-6-7-27-14(8-10)18(26)29/h4-8,12,17H,9H2,1-3H3,(H2,26,29)(H,27,28,30)/t12-,17+,20+/m1/s1. The van der Waals surface area contributed by atoms with Crippen molar-refractivity contribution in [3.63, 3.8) is 0 Å². The summed E-state index contributed by atoms with van der Waals surface area (Å²) in [6, 6.07) is 4.56. The fourth-order valence-corrected chi connectivity index (χ4v) is 3.63. The molecule has 0 radical (unpaired) electrons. The summed E-state index contributed by atoms with van der Waals surface area (Å²) in [4.78, 5) is 28.1. The first-order chi connectivity index (χ1) is 14.9. The summed E-state index contributed by atoms with van der Waals surface area (Å²) in [5.74, 6) is -9.11. The summed E-state index contributed by atoms with van der Waals surface area (Å²) < 4.78 is 67.2. The largest absolute Gasteiger partial charge is 0.493 e. The molecule has 0 bridgehead atoms. The number of amides is 2. The molecule has 1 aromatic carbocycles. The SMILES string of the molecule is COc1c([C@H]2C[C@@](C)(C(C)(F)F)O[C@@H]2C(=O)Nc2ccnc(C(N)=O)c2)ccc(F)c1F. The lowest BCUT2D eigenvalue weighted by Crippen LogP contribution is -2.44. The zero-order valence-corrected chi connectivity index (χ0v) is 17.4. The number of nitrogens with two attached hydrogens (primary N) is 1. The molecule has 0 spiro atoms. The second kappa shape index (κ2) is 8.38. The first kappa shape index (κ1) is 23.5. The molecule has 172 valence electrons. The van der Waals surface area contributed by atoms with Crippen LogP contribution < -0.4 is 15.8 Å². The molecule has 3 atom stereocenters. The Bertz CT molecular complexity index is 1060. The molecule has 3 N–H and O–H groups in total. The molecule has 0 unspecified atom stereocenters. The lowest BCUT2D eigenvalue weighted by Gasteiger charge is -2.30. The molecule has 2 aromatic rings. The molecule has 11 heteroatoms. The van der Waals surface area contributed by atoms with Gasteiger partial charge in [-0.05, 0) is 31.5 Å². The second-order valence-electron chi connectivity index (χ2n) is 7.74. The number of carbonyl (C=O) groups excluding carboxylic acids is 2. The summed E-state index contributed by atoms with van der Waals surface area (Å²) in [6.07, 6.45) is -0.653. The van der Waals surface area contributed by atoms with Crippen LogP contribution in [0.25, 0.3) is 0 Å². The van der Waals surface area contributed by atoms with Crippen molar-refractivity contribution in [1.82, 2.24) is 4.98 Å². The number of anilines is 1. The van der Waals surface area contributed by atoms with Crippen molar-refractivity contribution in [1.29, 1.82) is 0 Å². The maximum atomic E-state index is 14.4. The lowest BCUT2D eigenvalue weighted by molar-refractivity contribution is -0.184. The van der Waals surface area contributed by atoms with Gasteiger partial charge in [-0.2, -0.15) is 4.39 Å². The fourth-order valence-electron chi connectivity index (χ4n) is 3.63. The van der Waals surface area contributed by atoms with Gasteiger partial charge < -0.3 is 20.5 Å². The minimum absolute atomic E-state index is 0.00655. The quantitative estimate of drug-likeness (QED) is 0.650. The van der Waals surface area contributed by atoms with E-state index in [4.69, 9.17) is 15.2 Å². The van der Waals surface area contributed by atoms with Crippen molar-refractivity contribution in [3.8, 4) is 5.75 Å². The van der Waals surface area contributed by atoms with E-state index in [-0.39, 0.29) is 23.4 Å². The molecule has 0 aliphatic carbocycles. The third-order valence-corrected chi connectivity index (χ3v) is 5.51. The number of hydrogen-bond acceptors (Lipinski definition) is 5. The molecule has 1 saturated heterocycles. The van der Waals surface area contributed by atoms with Gasteiger partial charge in [-0.15, -0.1) is 0 Å². The molecular weight excluding hydrogens is 434 g/mol. The highest BCUT2D eigenvalue weighted by atomic mass is 19.3. The summed E-state index contributed by atoms with van der Waals surface area (Å²) >= 11 is 0. The maximum Gasteiger partial charge on any atom is 0.273 e. The van der Waals surface area contributed by atoms with Gasteiger partial charge in [0.25, 0.3) is 17.7 Å². The van der Waals surface area contributed by atoms with E-state index in [1.807, 2.05) is 0 Å². The third-order valence-electron chi connectivity index (χ3n) is 5.51. The van der Waals surface area contributed by atoms with Crippen LogP contribution in [-0.4, -0.2) is 41.5 Å². The number of nitrogens with zero attached hydrogens (tertiary/aromatic N) is 1. The van der Waals surface area contributed by atoms with Crippen LogP contribution >= 0.6 is 0 Å². The van der Waals surface area contributed by atoms with Crippen LogP contribution in [0.15, 0.2) is 30.5 Å². The van der Waals surface area contributed by atoms with Crippen LogP contribution in [0.2, 0.25) is 0 Å². The highest BCUT2D eigenvalue weighted by molar-refractivity contribution is 5.97. The minimum Gasteiger partial charge on any atom is -0.493 e. The zero-order chi connectivity index (χ0) is 23.8.